The van der Waals surface area contributed by atoms with Crippen molar-refractivity contribution in [1.82, 2.24) is 0 Å². The minimum absolute atomic E-state index is 0.302. The summed E-state index contributed by atoms with van der Waals surface area (Å²) < 4.78 is 0. The zero-order valence-corrected chi connectivity index (χ0v) is 13.7. The van der Waals surface area contributed by atoms with Gasteiger partial charge in [-0.05, 0) is 60.1 Å². The summed E-state index contributed by atoms with van der Waals surface area (Å²) in [6.07, 6.45) is 10.4. The lowest BCUT2D eigenvalue weighted by atomic mass is 9.88. The second-order valence-electron chi connectivity index (χ2n) is 6.62. The topological polar surface area (TPSA) is 17.1 Å². The van der Waals surface area contributed by atoms with Crippen molar-refractivity contribution in [3.63, 3.8) is 0 Å². The van der Waals surface area contributed by atoms with Gasteiger partial charge >= 0.3 is 0 Å². The molecule has 116 valence electrons. The largest absolute Gasteiger partial charge is 0.294 e. The molecule has 0 atom stereocenters. The van der Waals surface area contributed by atoms with Gasteiger partial charge in [-0.3, -0.25) is 4.79 Å². The fourth-order valence-electron chi connectivity index (χ4n) is 3.52. The molecule has 2 aromatic rings. The van der Waals surface area contributed by atoms with Gasteiger partial charge in [-0.1, -0.05) is 50.5 Å². The number of hydrogen-bond acceptors (Lipinski definition) is 1. The normalized spacial score (nSPS) is 14.0. The summed E-state index contributed by atoms with van der Waals surface area (Å²) in [5.74, 6) is 0.302. The highest BCUT2D eigenvalue weighted by Gasteiger charge is 2.12. The molecule has 0 heterocycles. The van der Waals surface area contributed by atoms with E-state index in [2.05, 4.69) is 31.2 Å². The second kappa shape index (κ2) is 7.09. The summed E-state index contributed by atoms with van der Waals surface area (Å²) in [5.41, 5.74) is 3.89. The Morgan fingerprint density at radius 1 is 0.909 bits per heavy atom. The fraction of sp³-hybridized carbons (Fsp3) is 0.476. The molecule has 1 nitrogen and oxygen atoms in total. The van der Waals surface area contributed by atoms with Crippen molar-refractivity contribution in [3.8, 4) is 0 Å². The molecular weight excluding hydrogens is 268 g/mol. The Balaban J connectivity index is 1.78. The number of carbonyl (C=O) groups is 1. The van der Waals surface area contributed by atoms with Crippen molar-refractivity contribution in [2.24, 2.45) is 0 Å². The predicted molar refractivity (Wildman–Crippen MR) is 93.7 cm³/mol. The number of aryl methyl sites for hydroxylation is 2. The Morgan fingerprint density at radius 3 is 2.36 bits per heavy atom. The molecule has 1 heteroatoms. The quantitative estimate of drug-likeness (QED) is 0.481. The molecule has 0 aliphatic heterocycles. The smallest absolute Gasteiger partial charge is 0.162 e. The molecule has 1 aliphatic carbocycles. The molecule has 3 rings (SSSR count). The van der Waals surface area contributed by atoms with E-state index in [0.717, 1.165) is 12.0 Å². The molecular formula is C21H26O. The van der Waals surface area contributed by atoms with Crippen LogP contribution in [-0.2, 0) is 12.8 Å². The molecule has 0 fully saturated rings. The first-order valence-electron chi connectivity index (χ1n) is 8.86. The second-order valence-corrected chi connectivity index (χ2v) is 6.62. The van der Waals surface area contributed by atoms with Crippen LogP contribution < -0.4 is 0 Å². The lowest BCUT2D eigenvalue weighted by Crippen LogP contribution is -2.03. The molecule has 0 spiro atoms. The van der Waals surface area contributed by atoms with E-state index in [1.54, 1.807) is 0 Å². The van der Waals surface area contributed by atoms with Crippen LogP contribution >= 0.6 is 0 Å². The SMILES string of the molecule is CCCCCCC(=O)c1ccc2cc3c(cc2c1)CCCC3. The van der Waals surface area contributed by atoms with Crippen LogP contribution in [0.5, 0.6) is 0 Å². The van der Waals surface area contributed by atoms with Gasteiger partial charge in [0.1, 0.15) is 0 Å². The maximum absolute atomic E-state index is 12.3. The highest BCUT2D eigenvalue weighted by molar-refractivity contribution is 6.00. The summed E-state index contributed by atoms with van der Waals surface area (Å²) in [6.45, 7) is 2.20. The van der Waals surface area contributed by atoms with Crippen LogP contribution in [0.4, 0.5) is 0 Å². The highest BCUT2D eigenvalue weighted by atomic mass is 16.1. The number of Topliss-reactive ketones (excluding diaryl/α,β-unsaturated/α-hetero) is 1. The number of ketones is 1. The molecule has 2 aromatic carbocycles. The first kappa shape index (κ1) is 15.3. The molecule has 22 heavy (non-hydrogen) atoms. The summed E-state index contributed by atoms with van der Waals surface area (Å²) >= 11 is 0. The van der Waals surface area contributed by atoms with Crippen LogP contribution in [-0.4, -0.2) is 5.78 Å². The number of carbonyl (C=O) groups excluding carboxylic acids is 1. The maximum Gasteiger partial charge on any atom is 0.162 e. The van der Waals surface area contributed by atoms with Gasteiger partial charge in [0, 0.05) is 12.0 Å². The van der Waals surface area contributed by atoms with Crippen LogP contribution in [0.3, 0.4) is 0 Å². The van der Waals surface area contributed by atoms with E-state index in [-0.39, 0.29) is 0 Å². The first-order valence-corrected chi connectivity index (χ1v) is 8.86. The Hall–Kier alpha value is -1.63. The van der Waals surface area contributed by atoms with Gasteiger partial charge in [0.15, 0.2) is 5.78 Å². The molecule has 0 radical (unpaired) electrons. The van der Waals surface area contributed by atoms with Crippen molar-refractivity contribution in [2.75, 3.05) is 0 Å². The standard InChI is InChI=1S/C21H26O/c1-2-3-4-5-10-21(22)19-12-11-18-13-16-8-6-7-9-17(16)14-20(18)15-19/h11-15H,2-10H2,1H3. The van der Waals surface area contributed by atoms with E-state index in [1.807, 2.05) is 6.07 Å². The van der Waals surface area contributed by atoms with Crippen molar-refractivity contribution >= 4 is 16.6 Å². The monoisotopic (exact) mass is 294 g/mol. The van der Waals surface area contributed by atoms with Crippen LogP contribution in [0, 0.1) is 0 Å². The molecule has 0 aromatic heterocycles. The Bertz CT molecular complexity index is 669. The predicted octanol–water partition coefficient (Wildman–Crippen LogP) is 5.87. The van der Waals surface area contributed by atoms with Gasteiger partial charge in [0.05, 0.1) is 0 Å². The lowest BCUT2D eigenvalue weighted by Gasteiger charge is -2.16. The van der Waals surface area contributed by atoms with Gasteiger partial charge in [0.2, 0.25) is 0 Å². The van der Waals surface area contributed by atoms with Crippen molar-refractivity contribution in [2.45, 2.75) is 64.7 Å². The molecule has 0 amide bonds. The number of benzene rings is 2. The molecule has 1 aliphatic rings. The zero-order valence-electron chi connectivity index (χ0n) is 13.7. The number of hydrogen-bond donors (Lipinski definition) is 0. The molecule has 0 N–H and O–H groups in total. The van der Waals surface area contributed by atoms with Crippen LogP contribution in [0.15, 0.2) is 30.3 Å². The summed E-state index contributed by atoms with van der Waals surface area (Å²) in [7, 11) is 0. The zero-order chi connectivity index (χ0) is 15.4. The van der Waals surface area contributed by atoms with Crippen molar-refractivity contribution in [3.05, 3.63) is 47.0 Å². The lowest BCUT2D eigenvalue weighted by molar-refractivity contribution is 0.0979. The summed E-state index contributed by atoms with van der Waals surface area (Å²) in [6, 6.07) is 10.9. The Kier molecular flexibility index (Phi) is 4.92. The maximum atomic E-state index is 12.3. The van der Waals surface area contributed by atoms with Crippen molar-refractivity contribution in [1.29, 1.82) is 0 Å². The minimum Gasteiger partial charge on any atom is -0.294 e. The third-order valence-electron chi connectivity index (χ3n) is 4.88. The third-order valence-corrected chi connectivity index (χ3v) is 4.88. The van der Waals surface area contributed by atoms with E-state index in [9.17, 15) is 4.79 Å². The molecule has 0 saturated heterocycles. The van der Waals surface area contributed by atoms with E-state index in [1.165, 1.54) is 66.8 Å². The minimum atomic E-state index is 0.302. The molecule has 0 saturated carbocycles. The van der Waals surface area contributed by atoms with Crippen LogP contribution in [0.1, 0.15) is 73.4 Å². The van der Waals surface area contributed by atoms with Gasteiger partial charge in [-0.2, -0.15) is 0 Å². The van der Waals surface area contributed by atoms with E-state index >= 15 is 0 Å². The van der Waals surface area contributed by atoms with Gasteiger partial charge in [-0.15, -0.1) is 0 Å². The average Bonchev–Trinajstić information content (AvgIpc) is 2.56. The first-order chi connectivity index (χ1) is 10.8. The average molecular weight is 294 g/mol. The third kappa shape index (κ3) is 3.40. The Labute approximate surface area is 133 Å². The number of fused-ring (bicyclic) bond motifs is 2. The van der Waals surface area contributed by atoms with E-state index < -0.39 is 0 Å². The Morgan fingerprint density at radius 2 is 1.64 bits per heavy atom. The summed E-state index contributed by atoms with van der Waals surface area (Å²) in [5, 5.41) is 2.52. The molecule has 0 bridgehead atoms. The van der Waals surface area contributed by atoms with E-state index in [4.69, 9.17) is 0 Å². The summed E-state index contributed by atoms with van der Waals surface area (Å²) in [4.78, 5) is 12.3. The van der Waals surface area contributed by atoms with Crippen LogP contribution in [0.25, 0.3) is 10.8 Å². The number of unbranched alkanes of at least 4 members (excludes halogenated alkanes) is 3. The van der Waals surface area contributed by atoms with Crippen molar-refractivity contribution < 1.29 is 4.79 Å². The van der Waals surface area contributed by atoms with Crippen LogP contribution in [0.2, 0.25) is 0 Å². The van der Waals surface area contributed by atoms with E-state index in [0.29, 0.717) is 12.2 Å². The fourth-order valence-corrected chi connectivity index (χ4v) is 3.52. The highest BCUT2D eigenvalue weighted by Crippen LogP contribution is 2.27. The molecule has 0 unspecified atom stereocenters. The van der Waals surface area contributed by atoms with Gasteiger partial charge < -0.3 is 0 Å². The number of rotatable bonds is 6. The van der Waals surface area contributed by atoms with Gasteiger partial charge in [-0.25, -0.2) is 0 Å². The van der Waals surface area contributed by atoms with Gasteiger partial charge in [0.25, 0.3) is 0 Å².